The molecule has 0 aromatic heterocycles. The second-order valence-corrected chi connectivity index (χ2v) is 12.2. The first-order chi connectivity index (χ1) is 20.0. The van der Waals surface area contributed by atoms with Gasteiger partial charge in [-0.15, -0.1) is 0 Å². The number of hydrogen-bond donors (Lipinski definition) is 3. The van der Waals surface area contributed by atoms with E-state index in [2.05, 4.69) is 24.5 Å². The Kier molecular flexibility index (Phi) is 30.1. The maximum absolute atomic E-state index is 12.2. The summed E-state index contributed by atoms with van der Waals surface area (Å²) in [5.74, 6) is -1.44. The summed E-state index contributed by atoms with van der Waals surface area (Å²) in [4.78, 5) is 35.8. The lowest BCUT2D eigenvalue weighted by Gasteiger charge is -2.14. The topological polar surface area (TPSA) is 95.5 Å². The van der Waals surface area contributed by atoms with E-state index in [4.69, 9.17) is 0 Å². The fourth-order valence-corrected chi connectivity index (χ4v) is 5.38. The van der Waals surface area contributed by atoms with Crippen molar-refractivity contribution in [1.29, 1.82) is 0 Å². The van der Waals surface area contributed by atoms with Gasteiger partial charge in [-0.05, 0) is 19.3 Å². The van der Waals surface area contributed by atoms with E-state index < -0.39 is 12.0 Å². The number of carboxylic acids is 1. The smallest absolute Gasteiger partial charge is 0.326 e. The van der Waals surface area contributed by atoms with Crippen molar-refractivity contribution in [2.45, 2.75) is 200 Å². The molecular formula is C35H68N2O4. The molecule has 0 fully saturated rings. The van der Waals surface area contributed by atoms with E-state index >= 15 is 0 Å². The SMILES string of the molecule is CCCCCCCCCCCCCCCCCCCCCC(=O)NC(CCC(=O)NCCCCCCCC)C(=O)O. The van der Waals surface area contributed by atoms with Crippen molar-refractivity contribution in [2.24, 2.45) is 0 Å². The predicted octanol–water partition coefficient (Wildman–Crippen LogP) is 9.63. The normalized spacial score (nSPS) is 11.9. The summed E-state index contributed by atoms with van der Waals surface area (Å²) < 4.78 is 0. The van der Waals surface area contributed by atoms with Crippen LogP contribution in [0.25, 0.3) is 0 Å². The largest absolute Gasteiger partial charge is 0.480 e. The van der Waals surface area contributed by atoms with Crippen LogP contribution in [0, 0.1) is 0 Å². The van der Waals surface area contributed by atoms with Crippen molar-refractivity contribution in [2.75, 3.05) is 6.54 Å². The summed E-state index contributed by atoms with van der Waals surface area (Å²) >= 11 is 0. The molecule has 0 aromatic rings. The Bertz CT molecular complexity index is 611. The molecule has 0 aliphatic carbocycles. The molecule has 6 nitrogen and oxygen atoms in total. The lowest BCUT2D eigenvalue weighted by molar-refractivity contribution is -0.142. The predicted molar refractivity (Wildman–Crippen MR) is 173 cm³/mol. The Balaban J connectivity index is 3.57. The fraction of sp³-hybridized carbons (Fsp3) is 0.914. The summed E-state index contributed by atoms with van der Waals surface area (Å²) in [7, 11) is 0. The van der Waals surface area contributed by atoms with E-state index in [0.717, 1.165) is 32.1 Å². The molecule has 1 unspecified atom stereocenters. The minimum atomic E-state index is -1.07. The zero-order chi connectivity index (χ0) is 30.2. The van der Waals surface area contributed by atoms with E-state index in [0.29, 0.717) is 13.0 Å². The van der Waals surface area contributed by atoms with Crippen LogP contribution in [0.4, 0.5) is 0 Å². The number of carbonyl (C=O) groups is 3. The lowest BCUT2D eigenvalue weighted by Crippen LogP contribution is -2.41. The van der Waals surface area contributed by atoms with Crippen LogP contribution in [-0.2, 0) is 14.4 Å². The van der Waals surface area contributed by atoms with Crippen LogP contribution in [0.2, 0.25) is 0 Å². The number of nitrogens with one attached hydrogen (secondary N) is 2. The van der Waals surface area contributed by atoms with Gasteiger partial charge in [0.15, 0.2) is 0 Å². The van der Waals surface area contributed by atoms with Crippen LogP contribution in [-0.4, -0.2) is 35.5 Å². The molecule has 0 aromatic carbocycles. The molecule has 1 atom stereocenters. The minimum Gasteiger partial charge on any atom is -0.480 e. The number of aliphatic carboxylic acids is 1. The Morgan fingerprint density at radius 3 is 1.24 bits per heavy atom. The van der Waals surface area contributed by atoms with E-state index in [1.54, 1.807) is 0 Å². The minimum absolute atomic E-state index is 0.117. The first-order valence-corrected chi connectivity index (χ1v) is 17.8. The van der Waals surface area contributed by atoms with Gasteiger partial charge < -0.3 is 15.7 Å². The Hall–Kier alpha value is -1.59. The lowest BCUT2D eigenvalue weighted by atomic mass is 10.0. The number of unbranched alkanes of at least 4 members (excludes halogenated alkanes) is 23. The van der Waals surface area contributed by atoms with Crippen molar-refractivity contribution >= 4 is 17.8 Å². The molecule has 0 aliphatic rings. The van der Waals surface area contributed by atoms with Gasteiger partial charge in [0.1, 0.15) is 6.04 Å². The molecule has 0 heterocycles. The van der Waals surface area contributed by atoms with Crippen LogP contribution in [0.15, 0.2) is 0 Å². The quantitative estimate of drug-likeness (QED) is 0.0690. The maximum Gasteiger partial charge on any atom is 0.326 e. The van der Waals surface area contributed by atoms with E-state index in [1.807, 2.05) is 0 Å². The summed E-state index contributed by atoms with van der Waals surface area (Å²) in [6, 6.07) is -0.998. The van der Waals surface area contributed by atoms with Crippen molar-refractivity contribution in [3.05, 3.63) is 0 Å². The second-order valence-electron chi connectivity index (χ2n) is 12.2. The standard InChI is InChI=1S/C35H68N2O4/c1-3-5-7-9-11-12-13-14-15-16-17-18-19-20-21-22-23-24-26-28-34(39)37-32(35(40)41)29-30-33(38)36-31-27-25-10-8-6-4-2/h32H,3-31H2,1-2H3,(H,36,38)(H,37,39)(H,40,41). The first-order valence-electron chi connectivity index (χ1n) is 17.8. The third-order valence-corrected chi connectivity index (χ3v) is 8.15. The van der Waals surface area contributed by atoms with Gasteiger partial charge in [-0.25, -0.2) is 4.79 Å². The highest BCUT2D eigenvalue weighted by Crippen LogP contribution is 2.15. The molecule has 242 valence electrons. The van der Waals surface area contributed by atoms with Gasteiger partial charge >= 0.3 is 5.97 Å². The third-order valence-electron chi connectivity index (χ3n) is 8.15. The number of carbonyl (C=O) groups excluding carboxylic acids is 2. The van der Waals surface area contributed by atoms with Crippen LogP contribution < -0.4 is 10.6 Å². The van der Waals surface area contributed by atoms with Crippen LogP contribution in [0.5, 0.6) is 0 Å². The monoisotopic (exact) mass is 581 g/mol. The summed E-state index contributed by atoms with van der Waals surface area (Å²) in [5.41, 5.74) is 0. The van der Waals surface area contributed by atoms with E-state index in [9.17, 15) is 19.5 Å². The molecule has 0 saturated heterocycles. The number of hydrogen-bond acceptors (Lipinski definition) is 3. The Morgan fingerprint density at radius 1 is 0.488 bits per heavy atom. The van der Waals surface area contributed by atoms with Crippen molar-refractivity contribution in [3.63, 3.8) is 0 Å². The fourth-order valence-electron chi connectivity index (χ4n) is 5.38. The van der Waals surface area contributed by atoms with E-state index in [1.165, 1.54) is 128 Å². The molecular weight excluding hydrogens is 512 g/mol. The van der Waals surface area contributed by atoms with Crippen molar-refractivity contribution in [1.82, 2.24) is 10.6 Å². The zero-order valence-electron chi connectivity index (χ0n) is 27.3. The Labute approximate surface area is 254 Å². The van der Waals surface area contributed by atoms with Gasteiger partial charge in [0.05, 0.1) is 0 Å². The van der Waals surface area contributed by atoms with Crippen LogP contribution in [0.1, 0.15) is 194 Å². The van der Waals surface area contributed by atoms with Gasteiger partial charge in [0, 0.05) is 19.4 Å². The molecule has 41 heavy (non-hydrogen) atoms. The van der Waals surface area contributed by atoms with Gasteiger partial charge in [-0.2, -0.15) is 0 Å². The van der Waals surface area contributed by atoms with Gasteiger partial charge in [0.2, 0.25) is 11.8 Å². The highest BCUT2D eigenvalue weighted by Gasteiger charge is 2.20. The Morgan fingerprint density at radius 2 is 0.854 bits per heavy atom. The number of rotatable bonds is 32. The molecule has 2 amide bonds. The molecule has 0 bridgehead atoms. The molecule has 0 saturated carbocycles. The highest BCUT2D eigenvalue weighted by atomic mass is 16.4. The maximum atomic E-state index is 12.2. The molecule has 0 radical (unpaired) electrons. The number of amides is 2. The first kappa shape index (κ1) is 39.4. The van der Waals surface area contributed by atoms with Gasteiger partial charge in [-0.1, -0.05) is 162 Å². The van der Waals surface area contributed by atoms with E-state index in [-0.39, 0.29) is 24.7 Å². The molecule has 6 heteroatoms. The molecule has 3 N–H and O–H groups in total. The van der Waals surface area contributed by atoms with Gasteiger partial charge in [0.25, 0.3) is 0 Å². The third kappa shape index (κ3) is 29.7. The zero-order valence-corrected chi connectivity index (χ0v) is 27.3. The van der Waals surface area contributed by atoms with Gasteiger partial charge in [-0.3, -0.25) is 9.59 Å². The molecule has 0 spiro atoms. The summed E-state index contributed by atoms with van der Waals surface area (Å²) in [6.45, 7) is 5.10. The average molecular weight is 581 g/mol. The average Bonchev–Trinajstić information content (AvgIpc) is 2.95. The van der Waals surface area contributed by atoms with Crippen molar-refractivity contribution in [3.8, 4) is 0 Å². The molecule has 0 aliphatic heterocycles. The summed E-state index contributed by atoms with van der Waals surface area (Å²) in [5, 5.41) is 14.9. The summed E-state index contributed by atoms with van der Waals surface area (Å²) in [6.07, 6.45) is 32.5. The molecule has 0 rings (SSSR count). The highest BCUT2D eigenvalue weighted by molar-refractivity contribution is 5.84. The van der Waals surface area contributed by atoms with Crippen LogP contribution in [0.3, 0.4) is 0 Å². The number of carboxylic acid groups (broad SMARTS) is 1. The van der Waals surface area contributed by atoms with Crippen molar-refractivity contribution < 1.29 is 19.5 Å². The second kappa shape index (κ2) is 31.3. The van der Waals surface area contributed by atoms with Crippen LogP contribution >= 0.6 is 0 Å².